The minimum atomic E-state index is -1.26. The molecule has 1 aliphatic rings. The van der Waals surface area contributed by atoms with Crippen LogP contribution in [0.15, 0.2) is 89.0 Å². The maximum absolute atomic E-state index is 13.8. The highest BCUT2D eigenvalue weighted by atomic mass is 16.5. The van der Waals surface area contributed by atoms with Gasteiger partial charge in [0.1, 0.15) is 11.9 Å². The van der Waals surface area contributed by atoms with Crippen molar-refractivity contribution < 1.29 is 19.4 Å². The third-order valence-corrected chi connectivity index (χ3v) is 6.47. The van der Waals surface area contributed by atoms with Crippen LogP contribution < -0.4 is 10.1 Å². The van der Waals surface area contributed by atoms with Gasteiger partial charge in [0, 0.05) is 42.2 Å². The van der Waals surface area contributed by atoms with Crippen LogP contribution in [0.3, 0.4) is 0 Å². The molecule has 0 spiro atoms. The lowest BCUT2D eigenvalue weighted by atomic mass is 9.85. The third-order valence-electron chi connectivity index (χ3n) is 6.47. The van der Waals surface area contributed by atoms with Gasteiger partial charge in [-0.15, -0.1) is 0 Å². The molecule has 0 saturated heterocycles. The maximum Gasteiger partial charge on any atom is 0.252 e. The van der Waals surface area contributed by atoms with E-state index < -0.39 is 11.6 Å². The minimum absolute atomic E-state index is 0.0684. The number of hydrogen-bond acceptors (Lipinski definition) is 6. The molecule has 1 aliphatic heterocycles. The van der Waals surface area contributed by atoms with Gasteiger partial charge in [0.05, 0.1) is 6.61 Å². The number of aliphatic imine (C=N–C) groups is 1. The van der Waals surface area contributed by atoms with Gasteiger partial charge in [-0.2, -0.15) is 0 Å². The number of amides is 1. The van der Waals surface area contributed by atoms with Gasteiger partial charge in [0.2, 0.25) is 5.90 Å². The molecule has 4 rings (SSSR count). The molecule has 0 bridgehead atoms. The average Bonchev–Trinajstić information content (AvgIpc) is 3.28. The number of aliphatic hydroxyl groups excluding tert-OH is 1. The predicted octanol–water partition coefficient (Wildman–Crippen LogP) is 4.90. The second kappa shape index (κ2) is 12.8. The van der Waals surface area contributed by atoms with Crippen molar-refractivity contribution in [1.29, 1.82) is 0 Å². The summed E-state index contributed by atoms with van der Waals surface area (Å²) in [5.74, 6) is 0.775. The monoisotopic (exact) mass is 513 g/mol. The van der Waals surface area contributed by atoms with Crippen molar-refractivity contribution in [2.24, 2.45) is 10.1 Å². The van der Waals surface area contributed by atoms with Crippen LogP contribution in [-0.4, -0.2) is 48.3 Å². The molecule has 0 fully saturated rings. The van der Waals surface area contributed by atoms with Gasteiger partial charge in [0.25, 0.3) is 5.91 Å². The number of nitrogens with one attached hydrogen (secondary N) is 1. The van der Waals surface area contributed by atoms with E-state index in [1.165, 1.54) is 0 Å². The summed E-state index contributed by atoms with van der Waals surface area (Å²) >= 11 is 0. The van der Waals surface area contributed by atoms with E-state index in [1.807, 2.05) is 61.5 Å². The molecule has 3 aromatic rings. The van der Waals surface area contributed by atoms with Crippen molar-refractivity contribution in [3.63, 3.8) is 0 Å². The van der Waals surface area contributed by atoms with E-state index in [0.29, 0.717) is 54.5 Å². The smallest absolute Gasteiger partial charge is 0.252 e. The van der Waals surface area contributed by atoms with E-state index in [1.54, 1.807) is 24.3 Å². The van der Waals surface area contributed by atoms with E-state index >= 15 is 0 Å². The fraction of sp³-hybridized carbons (Fsp3) is 0.310. The van der Waals surface area contributed by atoms with E-state index in [-0.39, 0.29) is 18.9 Å². The fourth-order valence-electron chi connectivity index (χ4n) is 4.36. The lowest BCUT2D eigenvalue weighted by molar-refractivity contribution is -0.128. The fourth-order valence-corrected chi connectivity index (χ4v) is 4.36. The minimum Gasteiger partial charge on any atom is -0.494 e. The van der Waals surface area contributed by atoms with E-state index in [9.17, 15) is 4.79 Å². The van der Waals surface area contributed by atoms with Gasteiger partial charge in [-0.3, -0.25) is 4.79 Å². The van der Waals surface area contributed by atoms with E-state index in [4.69, 9.17) is 25.1 Å². The number of carbonyl (C=O) groups excluding carboxylic acids is 1. The molecule has 2 N–H and O–H groups in total. The third kappa shape index (κ3) is 6.32. The number of carbonyl (C=O) groups is 1. The summed E-state index contributed by atoms with van der Waals surface area (Å²) in [6.45, 7) is 2.76. The molecule has 9 nitrogen and oxygen atoms in total. The molecule has 0 saturated carbocycles. The van der Waals surface area contributed by atoms with Crippen LogP contribution in [0.2, 0.25) is 0 Å². The van der Waals surface area contributed by atoms with Gasteiger partial charge >= 0.3 is 0 Å². The van der Waals surface area contributed by atoms with Crippen molar-refractivity contribution in [1.82, 2.24) is 5.32 Å². The summed E-state index contributed by atoms with van der Waals surface area (Å²) in [5.41, 5.74) is 10.8. The second-order valence-electron chi connectivity index (χ2n) is 9.04. The molecular formula is C29H31N5O4. The van der Waals surface area contributed by atoms with Crippen LogP contribution in [0.25, 0.3) is 10.4 Å². The number of rotatable bonds is 12. The van der Waals surface area contributed by atoms with Crippen LogP contribution in [0, 0.1) is 0 Å². The molecule has 1 heterocycles. The predicted molar refractivity (Wildman–Crippen MR) is 146 cm³/mol. The molecule has 3 aromatic carbocycles. The molecule has 0 aromatic heterocycles. The normalized spacial score (nSPS) is 18.2. The van der Waals surface area contributed by atoms with Gasteiger partial charge in [-0.1, -0.05) is 59.7 Å². The van der Waals surface area contributed by atoms with Gasteiger partial charge < -0.3 is 19.9 Å². The Kier molecular flexibility index (Phi) is 8.98. The summed E-state index contributed by atoms with van der Waals surface area (Å²) < 4.78 is 11.8. The van der Waals surface area contributed by atoms with E-state index in [2.05, 4.69) is 15.3 Å². The average molecular weight is 514 g/mol. The highest BCUT2D eigenvalue weighted by Crippen LogP contribution is 2.35. The van der Waals surface area contributed by atoms with Crippen LogP contribution in [-0.2, 0) is 22.4 Å². The Morgan fingerprint density at radius 2 is 1.87 bits per heavy atom. The number of benzene rings is 3. The standard InChI is InChI=1S/C29H31N5O4/c1-21-29(20-24-10-5-6-11-26(24)33-34-30,28(36)31-17-16-22-8-3-2-4-9-22)32-27(38-21)23-12-14-25(15-13-23)37-19-7-18-35/h2-6,8-15,21,35H,7,16-20H2,1H3,(H,31,36)/t21-,29-/m1/s1. The summed E-state index contributed by atoms with van der Waals surface area (Å²) in [6.07, 6.45) is 0.858. The molecular weight excluding hydrogens is 482 g/mol. The Morgan fingerprint density at radius 1 is 1.13 bits per heavy atom. The Bertz CT molecular complexity index is 1310. The highest BCUT2D eigenvalue weighted by Gasteiger charge is 2.50. The largest absolute Gasteiger partial charge is 0.494 e. The second-order valence-corrected chi connectivity index (χ2v) is 9.04. The summed E-state index contributed by atoms with van der Waals surface area (Å²) in [4.78, 5) is 21.6. The molecule has 1 amide bonds. The molecule has 0 unspecified atom stereocenters. The Labute approximate surface area is 221 Å². The van der Waals surface area contributed by atoms with Crippen molar-refractivity contribution in [3.05, 3.63) is 106 Å². The number of ether oxygens (including phenoxy) is 2. The molecule has 38 heavy (non-hydrogen) atoms. The first-order chi connectivity index (χ1) is 18.6. The number of aliphatic hydroxyl groups is 1. The lowest BCUT2D eigenvalue weighted by Crippen LogP contribution is -2.52. The van der Waals surface area contributed by atoms with Crippen LogP contribution in [0.1, 0.15) is 30.0 Å². The molecule has 2 atom stereocenters. The molecule has 0 radical (unpaired) electrons. The van der Waals surface area contributed by atoms with Crippen molar-refractivity contribution in [3.8, 4) is 5.75 Å². The summed E-state index contributed by atoms with van der Waals surface area (Å²) in [6, 6.07) is 24.4. The van der Waals surface area contributed by atoms with Crippen molar-refractivity contribution in [2.75, 3.05) is 19.8 Å². The van der Waals surface area contributed by atoms with Gasteiger partial charge in [-0.05, 0) is 54.3 Å². The Hall–Kier alpha value is -4.33. The summed E-state index contributed by atoms with van der Waals surface area (Å²) in [5, 5.41) is 15.8. The number of azide groups is 1. The van der Waals surface area contributed by atoms with E-state index in [0.717, 1.165) is 5.56 Å². The quantitative estimate of drug-likeness (QED) is 0.154. The van der Waals surface area contributed by atoms with Crippen LogP contribution >= 0.6 is 0 Å². The Morgan fingerprint density at radius 3 is 2.61 bits per heavy atom. The van der Waals surface area contributed by atoms with Gasteiger partial charge in [0.15, 0.2) is 5.54 Å². The molecule has 196 valence electrons. The first-order valence-electron chi connectivity index (χ1n) is 12.6. The zero-order valence-electron chi connectivity index (χ0n) is 21.3. The molecule has 9 heteroatoms. The zero-order valence-corrected chi connectivity index (χ0v) is 21.3. The summed E-state index contributed by atoms with van der Waals surface area (Å²) in [7, 11) is 0. The maximum atomic E-state index is 13.8. The molecule has 0 aliphatic carbocycles. The van der Waals surface area contributed by atoms with Crippen molar-refractivity contribution >= 4 is 17.5 Å². The van der Waals surface area contributed by atoms with Gasteiger partial charge in [-0.25, -0.2) is 4.99 Å². The topological polar surface area (TPSA) is 129 Å². The first-order valence-corrected chi connectivity index (χ1v) is 12.6. The number of nitrogens with zero attached hydrogens (tertiary/aromatic N) is 4. The van der Waals surface area contributed by atoms with Crippen LogP contribution in [0.4, 0.5) is 5.69 Å². The first kappa shape index (κ1) is 26.7. The lowest BCUT2D eigenvalue weighted by Gasteiger charge is -2.28. The Balaban J connectivity index is 1.61. The van der Waals surface area contributed by atoms with Crippen LogP contribution in [0.5, 0.6) is 5.75 Å². The van der Waals surface area contributed by atoms with Crippen molar-refractivity contribution in [2.45, 2.75) is 37.8 Å². The highest BCUT2D eigenvalue weighted by molar-refractivity contribution is 6.01. The SMILES string of the molecule is C[C@H]1OC(c2ccc(OCCCO)cc2)=N[C@@]1(Cc1ccccc1N=[N+]=[N-])C(=O)NCCc1ccccc1. The number of hydrogen-bond donors (Lipinski definition) is 2. The zero-order chi connectivity index (χ0) is 26.8.